The van der Waals surface area contributed by atoms with Crippen LogP contribution in [0.3, 0.4) is 0 Å². The van der Waals surface area contributed by atoms with Crippen molar-refractivity contribution in [2.45, 2.75) is 24.7 Å². The maximum Gasteiger partial charge on any atom is 0.145 e. The number of hydrogen-bond donors (Lipinski definition) is 0. The molecule has 0 unspecified atom stereocenters. The number of para-hydroxylation sites is 5. The van der Waals surface area contributed by atoms with Crippen molar-refractivity contribution < 1.29 is 8.83 Å². The molecule has 0 bridgehead atoms. The fourth-order valence-corrected chi connectivity index (χ4v) is 12.0. The van der Waals surface area contributed by atoms with E-state index in [1.54, 1.807) is 0 Å². The van der Waals surface area contributed by atoms with Crippen molar-refractivity contribution in [2.75, 3.05) is 9.80 Å². The van der Waals surface area contributed by atoms with Gasteiger partial charge >= 0.3 is 0 Å². The minimum absolute atomic E-state index is 0.363. The van der Waals surface area contributed by atoms with Crippen molar-refractivity contribution >= 4 is 90.2 Å². The summed E-state index contributed by atoms with van der Waals surface area (Å²) in [6, 6.07) is 83.5. The van der Waals surface area contributed by atoms with Crippen LogP contribution in [0.2, 0.25) is 0 Å². The lowest BCUT2D eigenvalue weighted by Gasteiger charge is -2.44. The molecule has 2 aromatic heterocycles. The van der Waals surface area contributed by atoms with Gasteiger partial charge in [0, 0.05) is 49.8 Å². The summed E-state index contributed by atoms with van der Waals surface area (Å²) in [6.45, 7) is 4.74. The highest BCUT2D eigenvalue weighted by Crippen LogP contribution is 2.59. The highest BCUT2D eigenvalue weighted by Gasteiger charge is 2.46. The molecule has 12 aromatic rings. The molecule has 0 spiro atoms. The molecule has 0 N–H and O–H groups in total. The summed E-state index contributed by atoms with van der Waals surface area (Å²) in [5, 5.41) is 4.33. The van der Waals surface area contributed by atoms with Gasteiger partial charge in [0.05, 0.1) is 27.9 Å². The second-order valence-electron chi connectivity index (χ2n) is 19.2. The maximum absolute atomic E-state index is 7.29. The van der Waals surface area contributed by atoms with Gasteiger partial charge in [0.15, 0.2) is 0 Å². The SMILES string of the molecule is CC1(C)c2ccccc2N(c2cc3c(c4oc5ccccc5c24)C=Cc2c(ccc4c2oc2ccccc24)C3(c2ccccc2)c2ccccc2)c2ccc(N(c3ccccc3)c3ccccc3)cc21. The molecule has 4 heteroatoms. The lowest BCUT2D eigenvalue weighted by Crippen LogP contribution is -2.33. The van der Waals surface area contributed by atoms with Crippen LogP contribution in [-0.2, 0) is 10.8 Å². The number of furan rings is 2. The zero-order valence-electron chi connectivity index (χ0n) is 38.8. The van der Waals surface area contributed by atoms with Gasteiger partial charge in [-0.05, 0) is 100 Å². The van der Waals surface area contributed by atoms with Crippen molar-refractivity contribution in [3.8, 4) is 0 Å². The molecule has 0 atom stereocenters. The van der Waals surface area contributed by atoms with E-state index in [2.05, 4.69) is 266 Å². The van der Waals surface area contributed by atoms with Crippen molar-refractivity contribution in [1.29, 1.82) is 0 Å². The van der Waals surface area contributed by atoms with Gasteiger partial charge in [-0.25, -0.2) is 0 Å². The Balaban J connectivity index is 1.12. The summed E-state index contributed by atoms with van der Waals surface area (Å²) < 4.78 is 14.2. The average molecular weight is 899 g/mol. The molecule has 14 rings (SSSR count). The smallest absolute Gasteiger partial charge is 0.145 e. The second kappa shape index (κ2) is 15.3. The molecular weight excluding hydrogens is 853 g/mol. The molecule has 0 amide bonds. The number of hydrogen-bond acceptors (Lipinski definition) is 4. The monoisotopic (exact) mass is 898 g/mol. The number of rotatable bonds is 6. The zero-order chi connectivity index (χ0) is 46.6. The molecule has 0 radical (unpaired) electrons. The predicted molar refractivity (Wildman–Crippen MR) is 290 cm³/mol. The number of anilines is 6. The van der Waals surface area contributed by atoms with Crippen LogP contribution < -0.4 is 9.80 Å². The molecule has 4 nitrogen and oxygen atoms in total. The standard InChI is InChI=1S/C66H46N2O2/c1-65(2)54-31-17-18-32-57(54)68(58-40-35-47(41-56(58)65)67(45-25-11-5-12-26-45)46-27-13-6-14-28-46)59-42-55-51(64-62(59)52-30-16-20-34-61(52)70-64)37-36-50-53(39-38-49-48-29-15-19-33-60(48)69-63(49)50)66(55,43-21-7-3-8-22-43)44-23-9-4-10-24-44/h3-42H,1-2H3. The molecule has 0 saturated carbocycles. The first-order valence-electron chi connectivity index (χ1n) is 24.2. The Bertz CT molecular complexity index is 3960. The van der Waals surface area contributed by atoms with E-state index in [0.29, 0.717) is 0 Å². The minimum Gasteiger partial charge on any atom is -0.455 e. The van der Waals surface area contributed by atoms with E-state index in [1.165, 1.54) is 11.1 Å². The van der Waals surface area contributed by atoms with Gasteiger partial charge in [-0.2, -0.15) is 0 Å². The highest BCUT2D eigenvalue weighted by atomic mass is 16.3. The van der Waals surface area contributed by atoms with Crippen LogP contribution >= 0.6 is 0 Å². The topological polar surface area (TPSA) is 32.8 Å². The Kier molecular flexibility index (Phi) is 8.81. The normalized spacial score (nSPS) is 14.3. The van der Waals surface area contributed by atoms with E-state index in [1.807, 2.05) is 0 Å². The third-order valence-electron chi connectivity index (χ3n) is 15.1. The molecule has 70 heavy (non-hydrogen) atoms. The van der Waals surface area contributed by atoms with E-state index in [-0.39, 0.29) is 5.41 Å². The third kappa shape index (κ3) is 5.71. The fourth-order valence-electron chi connectivity index (χ4n) is 12.0. The molecule has 0 saturated heterocycles. The summed E-state index contributed by atoms with van der Waals surface area (Å²) in [5.41, 5.74) is 18.0. The molecule has 2 aliphatic rings. The molecule has 1 aliphatic carbocycles. The largest absolute Gasteiger partial charge is 0.455 e. The van der Waals surface area contributed by atoms with E-state index in [9.17, 15) is 0 Å². The maximum atomic E-state index is 7.29. The Morgan fingerprint density at radius 2 is 0.900 bits per heavy atom. The van der Waals surface area contributed by atoms with Crippen molar-refractivity contribution in [3.63, 3.8) is 0 Å². The summed E-state index contributed by atoms with van der Waals surface area (Å²) in [7, 11) is 0. The van der Waals surface area contributed by atoms with Crippen LogP contribution in [0.25, 0.3) is 56.0 Å². The van der Waals surface area contributed by atoms with Gasteiger partial charge < -0.3 is 18.6 Å². The van der Waals surface area contributed by atoms with Crippen LogP contribution in [0.5, 0.6) is 0 Å². The van der Waals surface area contributed by atoms with Gasteiger partial charge in [-0.3, -0.25) is 0 Å². The van der Waals surface area contributed by atoms with Crippen molar-refractivity contribution in [1.82, 2.24) is 0 Å². The molecular formula is C66H46N2O2. The Labute approximate surface area is 406 Å². The Hall–Kier alpha value is -8.86. The van der Waals surface area contributed by atoms with Crippen molar-refractivity contribution in [2.24, 2.45) is 0 Å². The summed E-state index contributed by atoms with van der Waals surface area (Å²) in [6.07, 6.45) is 4.57. The Morgan fingerprint density at radius 3 is 1.57 bits per heavy atom. The zero-order valence-corrected chi connectivity index (χ0v) is 38.8. The summed E-state index contributed by atoms with van der Waals surface area (Å²) in [5.74, 6) is 0. The van der Waals surface area contributed by atoms with Gasteiger partial charge in [-0.1, -0.05) is 190 Å². The third-order valence-corrected chi connectivity index (χ3v) is 15.1. The number of fused-ring (bicyclic) bond motifs is 12. The Morgan fingerprint density at radius 1 is 0.371 bits per heavy atom. The van der Waals surface area contributed by atoms with Crippen LogP contribution in [0, 0.1) is 0 Å². The number of nitrogens with zero attached hydrogens (tertiary/aromatic N) is 2. The predicted octanol–water partition coefficient (Wildman–Crippen LogP) is 17.9. The first-order valence-corrected chi connectivity index (χ1v) is 24.2. The molecule has 10 aromatic carbocycles. The minimum atomic E-state index is -0.834. The molecule has 332 valence electrons. The van der Waals surface area contributed by atoms with Gasteiger partial charge in [0.25, 0.3) is 0 Å². The van der Waals surface area contributed by atoms with Crippen LogP contribution in [0.15, 0.2) is 239 Å². The van der Waals surface area contributed by atoms with Gasteiger partial charge in [-0.15, -0.1) is 0 Å². The number of benzene rings is 10. The quantitative estimate of drug-likeness (QED) is 0.166. The average Bonchev–Trinajstić information content (AvgIpc) is 3.96. The van der Waals surface area contributed by atoms with E-state index < -0.39 is 5.41 Å². The highest BCUT2D eigenvalue weighted by molar-refractivity contribution is 6.18. The summed E-state index contributed by atoms with van der Waals surface area (Å²) in [4.78, 5) is 4.89. The van der Waals surface area contributed by atoms with E-state index >= 15 is 0 Å². The van der Waals surface area contributed by atoms with E-state index in [0.717, 1.165) is 111 Å². The molecule has 3 heterocycles. The van der Waals surface area contributed by atoms with Gasteiger partial charge in [0.1, 0.15) is 22.3 Å². The lowest BCUT2D eigenvalue weighted by atomic mass is 9.63. The summed E-state index contributed by atoms with van der Waals surface area (Å²) >= 11 is 0. The fraction of sp³-hybridized carbons (Fsp3) is 0.0606. The second-order valence-corrected chi connectivity index (χ2v) is 19.2. The van der Waals surface area contributed by atoms with Gasteiger partial charge in [0.2, 0.25) is 0 Å². The first-order chi connectivity index (χ1) is 34.5. The lowest BCUT2D eigenvalue weighted by molar-refractivity contribution is 0.632. The van der Waals surface area contributed by atoms with Crippen molar-refractivity contribution in [3.05, 3.63) is 275 Å². The van der Waals surface area contributed by atoms with Crippen LogP contribution in [0.1, 0.15) is 58.4 Å². The van der Waals surface area contributed by atoms with E-state index in [4.69, 9.17) is 8.83 Å². The van der Waals surface area contributed by atoms with Crippen LogP contribution in [-0.4, -0.2) is 0 Å². The van der Waals surface area contributed by atoms with Crippen LogP contribution in [0.4, 0.5) is 34.1 Å². The molecule has 0 fully saturated rings. The molecule has 1 aliphatic heterocycles. The first kappa shape index (κ1) is 40.2.